The molecule has 1 aromatic carbocycles. The van der Waals surface area contributed by atoms with Gasteiger partial charge in [0.2, 0.25) is 0 Å². The second kappa shape index (κ2) is 5.26. The molecule has 22 heavy (non-hydrogen) atoms. The molecule has 0 spiro atoms. The molecular weight excluding hydrogens is 272 g/mol. The second-order valence-corrected chi connectivity index (χ2v) is 8.35. The molecule has 1 fully saturated rings. The van der Waals surface area contributed by atoms with Gasteiger partial charge in [0.1, 0.15) is 5.75 Å². The number of aromatic hydroxyl groups is 1. The molecule has 3 rings (SSSR count). The minimum atomic E-state index is 0.0422. The van der Waals surface area contributed by atoms with E-state index in [0.29, 0.717) is 17.6 Å². The Morgan fingerprint density at radius 2 is 1.95 bits per heavy atom. The van der Waals surface area contributed by atoms with Gasteiger partial charge >= 0.3 is 0 Å². The molecule has 0 amide bonds. The summed E-state index contributed by atoms with van der Waals surface area (Å²) in [6.07, 6.45) is 5.68. The van der Waals surface area contributed by atoms with Gasteiger partial charge in [-0.15, -0.1) is 0 Å². The smallest absolute Gasteiger partial charge is 0.119 e. The van der Waals surface area contributed by atoms with Gasteiger partial charge in [-0.3, -0.25) is 0 Å². The number of phenols is 1. The average molecular weight is 302 g/mol. The molecule has 0 aliphatic heterocycles. The number of benzene rings is 1. The quantitative estimate of drug-likeness (QED) is 0.843. The maximum absolute atomic E-state index is 10.3. The van der Waals surface area contributed by atoms with E-state index in [-0.39, 0.29) is 17.4 Å². The molecule has 0 heterocycles. The van der Waals surface area contributed by atoms with Crippen LogP contribution in [0.1, 0.15) is 76.0 Å². The molecule has 2 nitrogen and oxygen atoms in total. The van der Waals surface area contributed by atoms with Crippen LogP contribution in [0.5, 0.6) is 5.75 Å². The van der Waals surface area contributed by atoms with Gasteiger partial charge in [0.05, 0.1) is 0 Å². The first-order valence-electron chi connectivity index (χ1n) is 8.79. The molecule has 0 bridgehead atoms. The fourth-order valence-corrected chi connectivity index (χ4v) is 5.55. The Hall–Kier alpha value is -1.02. The summed E-state index contributed by atoms with van der Waals surface area (Å²) in [5.41, 5.74) is 4.15. The van der Waals surface area contributed by atoms with Crippen LogP contribution in [0.4, 0.5) is 0 Å². The summed E-state index contributed by atoms with van der Waals surface area (Å²) in [4.78, 5) is 0. The minimum absolute atomic E-state index is 0.0422. The van der Waals surface area contributed by atoms with Crippen molar-refractivity contribution < 1.29 is 10.2 Å². The third-order valence-electron chi connectivity index (χ3n) is 6.63. The molecule has 2 aliphatic rings. The number of fused-ring (bicyclic) bond motifs is 3. The van der Waals surface area contributed by atoms with Crippen LogP contribution >= 0.6 is 0 Å². The van der Waals surface area contributed by atoms with E-state index in [1.54, 1.807) is 0 Å². The van der Waals surface area contributed by atoms with Gasteiger partial charge in [-0.05, 0) is 71.1 Å². The molecule has 0 unspecified atom stereocenters. The normalized spacial score (nSPS) is 34.4. The molecule has 1 saturated carbocycles. The van der Waals surface area contributed by atoms with E-state index >= 15 is 0 Å². The van der Waals surface area contributed by atoms with Crippen LogP contribution in [-0.2, 0) is 11.8 Å². The molecule has 0 radical (unpaired) electrons. The first kappa shape index (κ1) is 15.9. The zero-order valence-electron chi connectivity index (χ0n) is 14.4. The zero-order valence-corrected chi connectivity index (χ0v) is 14.4. The van der Waals surface area contributed by atoms with Crippen molar-refractivity contribution in [3.63, 3.8) is 0 Å². The highest BCUT2D eigenvalue weighted by atomic mass is 16.3. The molecule has 2 aliphatic carbocycles. The van der Waals surface area contributed by atoms with Crippen molar-refractivity contribution in [2.24, 2.45) is 11.3 Å². The summed E-state index contributed by atoms with van der Waals surface area (Å²) in [6.45, 7) is 9.29. The Kier molecular flexibility index (Phi) is 3.79. The van der Waals surface area contributed by atoms with Crippen molar-refractivity contribution in [2.75, 3.05) is 6.61 Å². The maximum Gasteiger partial charge on any atom is 0.119 e. The number of aliphatic hydroxyl groups is 1. The number of rotatable bonds is 2. The zero-order chi connectivity index (χ0) is 16.1. The molecule has 1 aromatic rings. The summed E-state index contributed by atoms with van der Waals surface area (Å²) < 4.78 is 0. The number of phenolic OH excluding ortho intramolecular Hbond substituents is 1. The summed E-state index contributed by atoms with van der Waals surface area (Å²) in [5.74, 6) is 1.34. The fourth-order valence-electron chi connectivity index (χ4n) is 5.55. The Bertz CT molecular complexity index is 577. The van der Waals surface area contributed by atoms with Crippen molar-refractivity contribution in [3.8, 4) is 5.75 Å². The molecule has 2 heteroatoms. The Labute approximate surface area is 134 Å². The van der Waals surface area contributed by atoms with Crippen LogP contribution in [0, 0.1) is 11.3 Å². The predicted molar refractivity (Wildman–Crippen MR) is 90.4 cm³/mol. The minimum Gasteiger partial charge on any atom is -0.508 e. The lowest BCUT2D eigenvalue weighted by atomic mass is 9.49. The monoisotopic (exact) mass is 302 g/mol. The van der Waals surface area contributed by atoms with Crippen molar-refractivity contribution in [1.82, 2.24) is 0 Å². The van der Waals surface area contributed by atoms with Gasteiger partial charge in [-0.1, -0.05) is 40.2 Å². The standard InChI is InChI=1S/C20H30O2/c1-13(2)18-14-6-9-17-19(3,12-21)10-5-11-20(17,4)15(14)7-8-16(18)22/h7-8,13,17,21-22H,5-6,9-12H2,1-4H3/t17-,19+,20-/m0/s1. The van der Waals surface area contributed by atoms with E-state index in [9.17, 15) is 10.2 Å². The SMILES string of the molecule is CC(C)c1c(O)ccc2c1CC[C@H]1[C@@](C)(CO)CCC[C@@]21C. The van der Waals surface area contributed by atoms with Crippen LogP contribution in [0.15, 0.2) is 12.1 Å². The largest absolute Gasteiger partial charge is 0.508 e. The molecule has 0 aromatic heterocycles. The summed E-state index contributed by atoms with van der Waals surface area (Å²) in [6, 6.07) is 4.05. The summed E-state index contributed by atoms with van der Waals surface area (Å²) in [5, 5.41) is 20.3. The third kappa shape index (κ3) is 2.11. The Morgan fingerprint density at radius 3 is 2.59 bits per heavy atom. The number of hydrogen-bond donors (Lipinski definition) is 2. The van der Waals surface area contributed by atoms with Crippen molar-refractivity contribution >= 4 is 0 Å². The highest BCUT2D eigenvalue weighted by Gasteiger charge is 2.51. The molecule has 122 valence electrons. The highest BCUT2D eigenvalue weighted by Crippen LogP contribution is 2.58. The number of aliphatic hydroxyl groups excluding tert-OH is 1. The van der Waals surface area contributed by atoms with E-state index < -0.39 is 0 Å². The van der Waals surface area contributed by atoms with Gasteiger partial charge in [0.15, 0.2) is 0 Å². The first-order valence-corrected chi connectivity index (χ1v) is 8.79. The van der Waals surface area contributed by atoms with Crippen LogP contribution in [-0.4, -0.2) is 16.8 Å². The average Bonchev–Trinajstić information content (AvgIpc) is 2.46. The molecule has 3 atom stereocenters. The van der Waals surface area contributed by atoms with Crippen molar-refractivity contribution in [2.45, 2.75) is 71.1 Å². The highest BCUT2D eigenvalue weighted by molar-refractivity contribution is 5.51. The van der Waals surface area contributed by atoms with Crippen LogP contribution < -0.4 is 0 Å². The third-order valence-corrected chi connectivity index (χ3v) is 6.63. The topological polar surface area (TPSA) is 40.5 Å². The lowest BCUT2D eigenvalue weighted by molar-refractivity contribution is -0.0180. The summed E-state index contributed by atoms with van der Waals surface area (Å²) in [7, 11) is 0. The predicted octanol–water partition coefficient (Wildman–Crippen LogP) is 4.52. The van der Waals surface area contributed by atoms with Crippen molar-refractivity contribution in [3.05, 3.63) is 28.8 Å². The Balaban J connectivity index is 2.16. The molecular formula is C20H30O2. The maximum atomic E-state index is 10.3. The van der Waals surface area contributed by atoms with E-state index in [2.05, 4.69) is 33.8 Å². The second-order valence-electron chi connectivity index (χ2n) is 8.35. The Morgan fingerprint density at radius 1 is 1.23 bits per heavy atom. The van der Waals surface area contributed by atoms with Crippen LogP contribution in [0.2, 0.25) is 0 Å². The van der Waals surface area contributed by atoms with Gasteiger partial charge in [0.25, 0.3) is 0 Å². The van der Waals surface area contributed by atoms with Gasteiger partial charge < -0.3 is 10.2 Å². The van der Waals surface area contributed by atoms with Crippen LogP contribution in [0.25, 0.3) is 0 Å². The number of hydrogen-bond acceptors (Lipinski definition) is 2. The van der Waals surface area contributed by atoms with E-state index in [0.717, 1.165) is 24.8 Å². The van der Waals surface area contributed by atoms with Gasteiger partial charge in [-0.25, -0.2) is 0 Å². The summed E-state index contributed by atoms with van der Waals surface area (Å²) >= 11 is 0. The lowest BCUT2D eigenvalue weighted by Crippen LogP contribution is -2.50. The fraction of sp³-hybridized carbons (Fsp3) is 0.700. The van der Waals surface area contributed by atoms with Crippen LogP contribution in [0.3, 0.4) is 0 Å². The van der Waals surface area contributed by atoms with E-state index in [1.807, 2.05) is 6.07 Å². The van der Waals surface area contributed by atoms with E-state index in [1.165, 1.54) is 24.0 Å². The molecule has 2 N–H and O–H groups in total. The van der Waals surface area contributed by atoms with Crippen molar-refractivity contribution in [1.29, 1.82) is 0 Å². The molecule has 0 saturated heterocycles. The van der Waals surface area contributed by atoms with E-state index in [4.69, 9.17) is 0 Å². The lowest BCUT2D eigenvalue weighted by Gasteiger charge is -2.55. The van der Waals surface area contributed by atoms with Gasteiger partial charge in [0, 0.05) is 6.61 Å². The van der Waals surface area contributed by atoms with Gasteiger partial charge in [-0.2, -0.15) is 0 Å². The first-order chi connectivity index (χ1) is 10.3.